The number of hydrogen-bond acceptors (Lipinski definition) is 3. The van der Waals surface area contributed by atoms with Crippen molar-refractivity contribution in [2.24, 2.45) is 0 Å². The third-order valence-corrected chi connectivity index (χ3v) is 4.65. The molecule has 2 fully saturated rings. The number of rotatable bonds is 4. The average molecular weight is 324 g/mol. The summed E-state index contributed by atoms with van der Waals surface area (Å²) in [4.78, 5) is 16.9. The van der Waals surface area contributed by atoms with Crippen LogP contribution in [0.2, 0.25) is 0 Å². The fourth-order valence-corrected chi connectivity index (χ4v) is 3.37. The number of hydrogen-bond donors (Lipinski definition) is 1. The summed E-state index contributed by atoms with van der Waals surface area (Å²) in [6.45, 7) is 6.26. The maximum absolute atomic E-state index is 12.3. The van der Waals surface area contributed by atoms with Crippen molar-refractivity contribution < 1.29 is 4.79 Å². The van der Waals surface area contributed by atoms with Gasteiger partial charge in [-0.1, -0.05) is 30.3 Å². The van der Waals surface area contributed by atoms with Gasteiger partial charge in [0.25, 0.3) is 0 Å². The Morgan fingerprint density at radius 1 is 1.14 bits per heavy atom. The van der Waals surface area contributed by atoms with E-state index in [0.717, 1.165) is 52.1 Å². The van der Waals surface area contributed by atoms with Gasteiger partial charge in [-0.15, -0.1) is 12.4 Å². The Morgan fingerprint density at radius 3 is 2.59 bits per heavy atom. The minimum absolute atomic E-state index is 0. The van der Waals surface area contributed by atoms with Gasteiger partial charge in [0.15, 0.2) is 0 Å². The summed E-state index contributed by atoms with van der Waals surface area (Å²) in [7, 11) is 0. The lowest BCUT2D eigenvalue weighted by Crippen LogP contribution is -2.49. The van der Waals surface area contributed by atoms with Crippen LogP contribution in [0.4, 0.5) is 0 Å². The summed E-state index contributed by atoms with van der Waals surface area (Å²) in [5.41, 5.74) is 1.25. The molecule has 1 aromatic rings. The van der Waals surface area contributed by atoms with Crippen molar-refractivity contribution in [2.75, 3.05) is 39.3 Å². The lowest BCUT2D eigenvalue weighted by molar-refractivity contribution is -0.130. The fraction of sp³-hybridized carbons (Fsp3) is 0.588. The minimum atomic E-state index is 0. The molecule has 0 saturated carbocycles. The molecule has 0 spiro atoms. The molecule has 0 bridgehead atoms. The van der Waals surface area contributed by atoms with Gasteiger partial charge in [-0.05, 0) is 18.4 Å². The van der Waals surface area contributed by atoms with Crippen molar-refractivity contribution in [2.45, 2.75) is 25.3 Å². The van der Waals surface area contributed by atoms with E-state index in [9.17, 15) is 4.79 Å². The van der Waals surface area contributed by atoms with Gasteiger partial charge in [0.05, 0.1) is 0 Å². The molecule has 1 aromatic carbocycles. The molecule has 2 aliphatic rings. The molecular formula is C17H26ClN3O. The molecule has 0 aliphatic carbocycles. The number of halogens is 1. The molecule has 1 atom stereocenters. The van der Waals surface area contributed by atoms with E-state index < -0.39 is 0 Å². The highest BCUT2D eigenvalue weighted by molar-refractivity contribution is 5.85. The van der Waals surface area contributed by atoms with Crippen LogP contribution < -0.4 is 5.32 Å². The zero-order chi connectivity index (χ0) is 14.5. The molecule has 4 nitrogen and oxygen atoms in total. The molecule has 2 heterocycles. The molecule has 3 rings (SSSR count). The second-order valence-corrected chi connectivity index (χ2v) is 6.05. The monoisotopic (exact) mass is 323 g/mol. The number of benzene rings is 1. The van der Waals surface area contributed by atoms with E-state index >= 15 is 0 Å². The lowest BCUT2D eigenvalue weighted by atomic mass is 10.1. The topological polar surface area (TPSA) is 35.6 Å². The molecule has 2 saturated heterocycles. The average Bonchev–Trinajstić information content (AvgIpc) is 3.04. The maximum Gasteiger partial charge on any atom is 0.222 e. The van der Waals surface area contributed by atoms with Crippen LogP contribution >= 0.6 is 12.4 Å². The van der Waals surface area contributed by atoms with Gasteiger partial charge < -0.3 is 10.2 Å². The number of amides is 1. The Kier molecular flexibility index (Phi) is 6.68. The summed E-state index contributed by atoms with van der Waals surface area (Å²) in [6.07, 6.45) is 2.63. The molecule has 0 radical (unpaired) electrons. The third-order valence-electron chi connectivity index (χ3n) is 4.65. The predicted molar refractivity (Wildman–Crippen MR) is 91.4 cm³/mol. The Hall–Kier alpha value is -1.10. The van der Waals surface area contributed by atoms with E-state index in [0.29, 0.717) is 18.4 Å². The first-order valence-corrected chi connectivity index (χ1v) is 8.09. The minimum Gasteiger partial charge on any atom is -0.341 e. The summed E-state index contributed by atoms with van der Waals surface area (Å²) >= 11 is 0. The van der Waals surface area contributed by atoms with Gasteiger partial charge in [0, 0.05) is 51.7 Å². The summed E-state index contributed by atoms with van der Waals surface area (Å²) in [5.74, 6) is 0.316. The van der Waals surface area contributed by atoms with Gasteiger partial charge in [-0.2, -0.15) is 0 Å². The molecule has 0 aromatic heterocycles. The SMILES string of the molecule is Cl.O=C(CCc1ccccc1)N1CCC(N2CCNCC2)C1. The Morgan fingerprint density at radius 2 is 1.86 bits per heavy atom. The fourth-order valence-electron chi connectivity index (χ4n) is 3.37. The highest BCUT2D eigenvalue weighted by atomic mass is 35.5. The van der Waals surface area contributed by atoms with Crippen LogP contribution in [0.5, 0.6) is 0 Å². The van der Waals surface area contributed by atoms with Crippen LogP contribution in [0.3, 0.4) is 0 Å². The molecule has 1 unspecified atom stereocenters. The molecular weight excluding hydrogens is 298 g/mol. The van der Waals surface area contributed by atoms with Crippen LogP contribution in [0.1, 0.15) is 18.4 Å². The predicted octanol–water partition coefficient (Wildman–Crippen LogP) is 1.55. The van der Waals surface area contributed by atoms with Crippen molar-refractivity contribution in [3.8, 4) is 0 Å². The highest BCUT2D eigenvalue weighted by Crippen LogP contribution is 2.17. The molecule has 5 heteroatoms. The molecule has 1 amide bonds. The molecule has 1 N–H and O–H groups in total. The normalized spacial score (nSPS) is 22.4. The van der Waals surface area contributed by atoms with E-state index in [1.165, 1.54) is 5.56 Å². The summed E-state index contributed by atoms with van der Waals surface area (Å²) < 4.78 is 0. The van der Waals surface area contributed by atoms with E-state index in [-0.39, 0.29) is 12.4 Å². The number of nitrogens with zero attached hydrogens (tertiary/aromatic N) is 2. The maximum atomic E-state index is 12.3. The largest absolute Gasteiger partial charge is 0.341 e. The zero-order valence-electron chi connectivity index (χ0n) is 13.0. The number of piperazine rings is 1. The first-order chi connectivity index (χ1) is 10.3. The van der Waals surface area contributed by atoms with Crippen molar-refractivity contribution in [1.82, 2.24) is 15.1 Å². The van der Waals surface area contributed by atoms with Gasteiger partial charge in [-0.3, -0.25) is 9.69 Å². The first-order valence-electron chi connectivity index (χ1n) is 8.09. The van der Waals surface area contributed by atoms with Gasteiger partial charge in [-0.25, -0.2) is 0 Å². The quantitative estimate of drug-likeness (QED) is 0.913. The number of carbonyl (C=O) groups excluding carboxylic acids is 1. The number of likely N-dealkylation sites (tertiary alicyclic amines) is 1. The summed E-state index contributed by atoms with van der Waals surface area (Å²) in [6, 6.07) is 10.9. The van der Waals surface area contributed by atoms with Crippen LogP contribution in [-0.4, -0.2) is 61.0 Å². The lowest BCUT2D eigenvalue weighted by Gasteiger charge is -2.32. The number of carbonyl (C=O) groups is 1. The highest BCUT2D eigenvalue weighted by Gasteiger charge is 2.30. The number of aryl methyl sites for hydroxylation is 1. The van der Waals surface area contributed by atoms with Crippen molar-refractivity contribution >= 4 is 18.3 Å². The first kappa shape index (κ1) is 17.3. The van der Waals surface area contributed by atoms with Crippen molar-refractivity contribution in [3.63, 3.8) is 0 Å². The van der Waals surface area contributed by atoms with Crippen LogP contribution in [0, 0.1) is 0 Å². The smallest absolute Gasteiger partial charge is 0.222 e. The summed E-state index contributed by atoms with van der Waals surface area (Å²) in [5, 5.41) is 3.39. The number of nitrogens with one attached hydrogen (secondary N) is 1. The standard InChI is InChI=1S/C17H25N3O.ClH/c21-17(7-6-15-4-2-1-3-5-15)20-11-8-16(14-20)19-12-9-18-10-13-19;/h1-5,16,18H,6-14H2;1H. The third kappa shape index (κ3) is 4.45. The van der Waals surface area contributed by atoms with E-state index in [4.69, 9.17) is 0 Å². The van der Waals surface area contributed by atoms with Crippen LogP contribution in [-0.2, 0) is 11.2 Å². The van der Waals surface area contributed by atoms with E-state index in [1.807, 2.05) is 18.2 Å². The van der Waals surface area contributed by atoms with Crippen molar-refractivity contribution in [3.05, 3.63) is 35.9 Å². The second-order valence-electron chi connectivity index (χ2n) is 6.05. The van der Waals surface area contributed by atoms with Crippen LogP contribution in [0.15, 0.2) is 30.3 Å². The van der Waals surface area contributed by atoms with Gasteiger partial charge >= 0.3 is 0 Å². The second kappa shape index (κ2) is 8.51. The molecule has 122 valence electrons. The zero-order valence-corrected chi connectivity index (χ0v) is 13.9. The van der Waals surface area contributed by atoms with E-state index in [1.54, 1.807) is 0 Å². The Bertz CT molecular complexity index is 462. The van der Waals surface area contributed by atoms with E-state index in [2.05, 4.69) is 27.2 Å². The van der Waals surface area contributed by atoms with Crippen LogP contribution in [0.25, 0.3) is 0 Å². The van der Waals surface area contributed by atoms with Gasteiger partial charge in [0.2, 0.25) is 5.91 Å². The Balaban J connectivity index is 0.00000176. The Labute approximate surface area is 139 Å². The van der Waals surface area contributed by atoms with Crippen molar-refractivity contribution in [1.29, 1.82) is 0 Å². The van der Waals surface area contributed by atoms with Gasteiger partial charge in [0.1, 0.15) is 0 Å². The molecule has 2 aliphatic heterocycles. The molecule has 22 heavy (non-hydrogen) atoms.